The summed E-state index contributed by atoms with van der Waals surface area (Å²) in [4.78, 5) is 145. The number of carboxylic acid groups (broad SMARTS) is 1. The Morgan fingerprint density at radius 1 is 0.389 bits per heavy atom. The van der Waals surface area contributed by atoms with E-state index in [1.807, 2.05) is 27.7 Å². The summed E-state index contributed by atoms with van der Waals surface area (Å²) >= 11 is 0. The maximum Gasteiger partial charge on any atom is 0.303 e. The Hall–Kier alpha value is -6.36. The lowest BCUT2D eigenvalue weighted by Crippen LogP contribution is -2.50. The Kier molecular flexibility index (Phi) is 44.2. The van der Waals surface area contributed by atoms with Crippen LogP contribution < -0.4 is 53.2 Å². The summed E-state index contributed by atoms with van der Waals surface area (Å²) in [5, 5.41) is 34.0. The van der Waals surface area contributed by atoms with Crippen LogP contribution in [0, 0.1) is 0 Å². The van der Waals surface area contributed by atoms with Gasteiger partial charge in [0.2, 0.25) is 59.1 Å². The molecule has 72 heavy (non-hydrogen) atoms. The van der Waals surface area contributed by atoms with Gasteiger partial charge in [0.25, 0.3) is 6.47 Å². The first-order valence-electron chi connectivity index (χ1n) is 25.5. The molecule has 0 aromatic rings. The Balaban J connectivity index is 0. The second kappa shape index (κ2) is 47.0. The van der Waals surface area contributed by atoms with Crippen molar-refractivity contribution in [2.45, 2.75) is 175 Å². The molecule has 0 aromatic carbocycles. The molecule has 0 fully saturated rings. The molecule has 2 atom stereocenters. The smallest absolute Gasteiger partial charge is 0.303 e. The van der Waals surface area contributed by atoms with Crippen LogP contribution in [0.2, 0.25) is 0 Å². The SMILES string of the molecule is CCCCCNC(=O)CNC(=O)CCC(NC(=O)CCCC(=O)NC(CCC(=O)NCC(=O)NCCCCC)C(=O)NCC(=O)NCCCCC)C(=O)NCC(=O)NCCCCC.O=COCCCC(=O)O. The van der Waals surface area contributed by atoms with Crippen molar-refractivity contribution < 1.29 is 67.4 Å². The highest BCUT2D eigenvalue weighted by molar-refractivity contribution is 5.93. The van der Waals surface area contributed by atoms with Gasteiger partial charge in [-0.15, -0.1) is 0 Å². The predicted molar refractivity (Wildman–Crippen MR) is 267 cm³/mol. The van der Waals surface area contributed by atoms with E-state index in [-0.39, 0.29) is 96.0 Å². The summed E-state index contributed by atoms with van der Waals surface area (Å²) in [5.74, 6) is -6.12. The standard InChI is InChI=1S/C43H78N10O10.C5H8O4/c1-5-9-13-24-44-38(58)28-48-34(54)22-20-32(42(62)50-30-40(60)46-26-15-11-7-3)52-36(56)18-17-19-37(57)53-33(43(63)51-31-41(61)47-27-16-12-8-4)21-23-35(55)49-29-39(59)45-25-14-10-6-2;6-4-9-3-1-2-5(7)8/h32-33H,5-31H2,1-4H3,(H,44,58)(H,45,59)(H,46,60)(H,47,61)(H,48,54)(H,49,55)(H,50,62)(H,51,63)(H,52,56)(H,53,57);4H,1-3H2,(H,7,8). The molecule has 2 unspecified atom stereocenters. The van der Waals surface area contributed by atoms with E-state index in [0.29, 0.717) is 39.1 Å². The molecule has 0 aromatic heterocycles. The number of hydrogen-bond acceptors (Lipinski definition) is 13. The van der Waals surface area contributed by atoms with Crippen LogP contribution in [0.15, 0.2) is 0 Å². The third-order valence-electron chi connectivity index (χ3n) is 10.3. The fraction of sp³-hybridized carbons (Fsp3) is 0.750. The molecule has 0 saturated carbocycles. The van der Waals surface area contributed by atoms with Gasteiger partial charge in [0.1, 0.15) is 12.1 Å². The highest BCUT2D eigenvalue weighted by Gasteiger charge is 2.25. The summed E-state index contributed by atoms with van der Waals surface area (Å²) in [7, 11) is 0. The average molecular weight is 1030 g/mol. The number of carbonyl (C=O) groups excluding carboxylic acids is 11. The molecule has 24 heteroatoms. The number of carboxylic acids is 1. The lowest BCUT2D eigenvalue weighted by molar-refractivity contribution is -0.138. The van der Waals surface area contributed by atoms with Gasteiger partial charge in [-0.1, -0.05) is 79.1 Å². The summed E-state index contributed by atoms with van der Waals surface area (Å²) in [6.07, 6.45) is 10.1. The van der Waals surface area contributed by atoms with E-state index in [1.165, 1.54) is 0 Å². The molecule has 10 amide bonds. The molecule has 412 valence electrons. The lowest BCUT2D eigenvalue weighted by atomic mass is 10.1. The van der Waals surface area contributed by atoms with Crippen molar-refractivity contribution in [3.8, 4) is 0 Å². The van der Waals surface area contributed by atoms with Gasteiger partial charge in [0, 0.05) is 58.3 Å². The number of nitrogens with one attached hydrogen (secondary N) is 10. The van der Waals surface area contributed by atoms with E-state index in [1.54, 1.807) is 0 Å². The normalized spacial score (nSPS) is 11.1. The van der Waals surface area contributed by atoms with Crippen LogP contribution in [0.5, 0.6) is 0 Å². The number of carbonyl (C=O) groups is 12. The minimum atomic E-state index is -1.22. The summed E-state index contributed by atoms with van der Waals surface area (Å²) in [5.41, 5.74) is 0. The second-order valence-electron chi connectivity index (χ2n) is 16.9. The van der Waals surface area contributed by atoms with E-state index >= 15 is 0 Å². The minimum Gasteiger partial charge on any atom is -0.481 e. The lowest BCUT2D eigenvalue weighted by Gasteiger charge is -2.19. The maximum atomic E-state index is 13.1. The fourth-order valence-corrected chi connectivity index (χ4v) is 6.16. The van der Waals surface area contributed by atoms with Crippen LogP contribution in [0.25, 0.3) is 0 Å². The van der Waals surface area contributed by atoms with E-state index in [4.69, 9.17) is 5.11 Å². The number of amides is 10. The highest BCUT2D eigenvalue weighted by atomic mass is 16.5. The van der Waals surface area contributed by atoms with E-state index in [0.717, 1.165) is 77.0 Å². The van der Waals surface area contributed by atoms with Gasteiger partial charge in [-0.2, -0.15) is 0 Å². The van der Waals surface area contributed by atoms with Crippen molar-refractivity contribution >= 4 is 71.5 Å². The number of unbranched alkanes of at least 4 members (excludes halogenated alkanes) is 8. The molecular formula is C48H86N10O14. The zero-order valence-corrected chi connectivity index (χ0v) is 43.2. The number of aliphatic carboxylic acids is 1. The van der Waals surface area contributed by atoms with Crippen LogP contribution in [-0.4, -0.2) is 148 Å². The zero-order valence-electron chi connectivity index (χ0n) is 43.2. The predicted octanol–water partition coefficient (Wildman–Crippen LogP) is 0.401. The number of rotatable bonds is 43. The third-order valence-corrected chi connectivity index (χ3v) is 10.3. The summed E-state index contributed by atoms with van der Waals surface area (Å²) in [6, 6.07) is -2.44. The maximum absolute atomic E-state index is 13.1. The first-order valence-corrected chi connectivity index (χ1v) is 25.5. The average Bonchev–Trinajstić information content (AvgIpc) is 3.35. The van der Waals surface area contributed by atoms with Crippen molar-refractivity contribution in [3.63, 3.8) is 0 Å². The Bertz CT molecular complexity index is 1530. The molecular weight excluding hydrogens is 941 g/mol. The molecule has 0 bridgehead atoms. The van der Waals surface area contributed by atoms with E-state index in [2.05, 4.69) is 57.9 Å². The zero-order chi connectivity index (χ0) is 54.2. The highest BCUT2D eigenvalue weighted by Crippen LogP contribution is 2.05. The molecule has 0 saturated heterocycles. The third kappa shape index (κ3) is 43.6. The molecule has 0 spiro atoms. The molecule has 24 nitrogen and oxygen atoms in total. The molecule has 0 rings (SSSR count). The molecule has 0 aliphatic heterocycles. The van der Waals surface area contributed by atoms with Gasteiger partial charge in [-0.05, 0) is 51.4 Å². The van der Waals surface area contributed by atoms with Gasteiger partial charge in [0.05, 0.1) is 32.8 Å². The molecule has 11 N–H and O–H groups in total. The van der Waals surface area contributed by atoms with Crippen molar-refractivity contribution in [3.05, 3.63) is 0 Å². The van der Waals surface area contributed by atoms with Crippen molar-refractivity contribution in [2.24, 2.45) is 0 Å². The van der Waals surface area contributed by atoms with Crippen molar-refractivity contribution in [1.82, 2.24) is 53.2 Å². The van der Waals surface area contributed by atoms with Crippen molar-refractivity contribution in [2.75, 3.05) is 59.0 Å². The molecule has 0 radical (unpaired) electrons. The summed E-state index contributed by atoms with van der Waals surface area (Å²) < 4.78 is 4.24. The van der Waals surface area contributed by atoms with Crippen LogP contribution in [0.1, 0.15) is 163 Å². The van der Waals surface area contributed by atoms with Crippen LogP contribution in [0.4, 0.5) is 0 Å². The van der Waals surface area contributed by atoms with E-state index < -0.39 is 65.3 Å². The Morgan fingerprint density at radius 3 is 1.03 bits per heavy atom. The topological polar surface area (TPSA) is 355 Å². The van der Waals surface area contributed by atoms with Crippen LogP contribution in [0.3, 0.4) is 0 Å². The number of ether oxygens (including phenoxy) is 1. The first-order chi connectivity index (χ1) is 34.5. The fourth-order valence-electron chi connectivity index (χ4n) is 6.16. The summed E-state index contributed by atoms with van der Waals surface area (Å²) in [6.45, 7) is 9.28. The molecule has 0 aliphatic rings. The molecule has 0 aliphatic carbocycles. The van der Waals surface area contributed by atoms with E-state index in [9.17, 15) is 57.5 Å². The van der Waals surface area contributed by atoms with Gasteiger partial charge in [0.15, 0.2) is 0 Å². The molecule has 0 heterocycles. The van der Waals surface area contributed by atoms with Crippen molar-refractivity contribution in [1.29, 1.82) is 0 Å². The van der Waals surface area contributed by atoms with Crippen LogP contribution in [-0.2, 0) is 62.3 Å². The van der Waals surface area contributed by atoms with Crippen LogP contribution >= 0.6 is 0 Å². The first kappa shape index (κ1) is 67.7. The monoisotopic (exact) mass is 1030 g/mol. The Labute approximate surface area is 424 Å². The van der Waals surface area contributed by atoms with Gasteiger partial charge in [-0.3, -0.25) is 57.5 Å². The van der Waals surface area contributed by atoms with Gasteiger partial charge >= 0.3 is 5.97 Å². The largest absolute Gasteiger partial charge is 0.481 e. The number of hydrogen-bond donors (Lipinski definition) is 11. The van der Waals surface area contributed by atoms with Gasteiger partial charge in [-0.25, -0.2) is 0 Å². The Morgan fingerprint density at radius 2 is 0.722 bits per heavy atom. The minimum absolute atomic E-state index is 0.0115. The second-order valence-corrected chi connectivity index (χ2v) is 16.9. The quantitative estimate of drug-likeness (QED) is 0.0291. The van der Waals surface area contributed by atoms with Gasteiger partial charge < -0.3 is 63.0 Å².